The Hall–Kier alpha value is -0.340. The fourth-order valence-electron chi connectivity index (χ4n) is 1.17. The molecule has 1 rings (SSSR count). The van der Waals surface area contributed by atoms with Gasteiger partial charge in [0.25, 0.3) is 0 Å². The average molecular weight is 275 g/mol. The zero-order valence-electron chi connectivity index (χ0n) is 8.13. The van der Waals surface area contributed by atoms with Gasteiger partial charge in [0.2, 0.25) is 0 Å². The van der Waals surface area contributed by atoms with E-state index in [0.717, 1.165) is 23.0 Å². The lowest BCUT2D eigenvalue weighted by molar-refractivity contribution is 1.02. The van der Waals surface area contributed by atoms with Crippen molar-refractivity contribution in [3.05, 3.63) is 40.1 Å². The Labute approximate surface area is 98.3 Å². The van der Waals surface area contributed by atoms with Crippen LogP contribution < -0.4 is 0 Å². The topological polar surface area (TPSA) is 12.9 Å². The molecule has 0 unspecified atom stereocenters. The smallest absolute Gasteiger partial charge is 0.0444 e. The molecule has 76 valence electrons. The molecule has 0 radical (unpaired) electrons. The molecule has 0 fully saturated rings. The van der Waals surface area contributed by atoms with Crippen LogP contribution in [0.5, 0.6) is 0 Å². The number of allylic oxidation sites excluding steroid dienone is 2. The molecule has 1 nitrogen and oxygen atoms in total. The molecular formula is C11H13BrClN. The van der Waals surface area contributed by atoms with Crippen LogP contribution in [0.15, 0.2) is 34.5 Å². The number of alkyl halides is 1. The first-order chi connectivity index (χ1) is 6.72. The lowest BCUT2D eigenvalue weighted by Gasteiger charge is -2.00. The van der Waals surface area contributed by atoms with Crippen LogP contribution in [0.3, 0.4) is 0 Å². The summed E-state index contributed by atoms with van der Waals surface area (Å²) in [7, 11) is 0. The predicted molar refractivity (Wildman–Crippen MR) is 64.7 cm³/mol. The zero-order chi connectivity index (χ0) is 10.4. The van der Waals surface area contributed by atoms with Crippen molar-refractivity contribution >= 4 is 27.5 Å². The normalized spacial score (nSPS) is 11.8. The summed E-state index contributed by atoms with van der Waals surface area (Å²) in [5, 5.41) is 0. The van der Waals surface area contributed by atoms with Gasteiger partial charge < -0.3 is 0 Å². The number of aromatic nitrogens is 1. The Bertz CT molecular complexity index is 306. The lowest BCUT2D eigenvalue weighted by Crippen LogP contribution is -1.90. The number of nitrogens with zero attached hydrogens (tertiary/aromatic N) is 1. The lowest BCUT2D eigenvalue weighted by atomic mass is 10.1. The van der Waals surface area contributed by atoms with Crippen molar-refractivity contribution in [3.8, 4) is 0 Å². The van der Waals surface area contributed by atoms with E-state index < -0.39 is 0 Å². The molecule has 0 spiro atoms. The second kappa shape index (κ2) is 6.20. The van der Waals surface area contributed by atoms with Crippen LogP contribution in [0.1, 0.15) is 19.0 Å². The van der Waals surface area contributed by atoms with Gasteiger partial charge in [-0.3, -0.25) is 4.98 Å². The molecule has 0 bridgehead atoms. The van der Waals surface area contributed by atoms with E-state index >= 15 is 0 Å². The summed E-state index contributed by atoms with van der Waals surface area (Å²) in [6, 6.07) is 4.04. The van der Waals surface area contributed by atoms with E-state index in [-0.39, 0.29) is 0 Å². The molecule has 0 aromatic carbocycles. The first-order valence-electron chi connectivity index (χ1n) is 4.54. The molecule has 0 saturated heterocycles. The minimum Gasteiger partial charge on any atom is -0.260 e. The van der Waals surface area contributed by atoms with E-state index in [9.17, 15) is 0 Å². The minimum absolute atomic E-state index is 0.686. The van der Waals surface area contributed by atoms with Gasteiger partial charge in [-0.25, -0.2) is 0 Å². The van der Waals surface area contributed by atoms with Gasteiger partial charge in [-0.2, -0.15) is 0 Å². The molecule has 3 heteroatoms. The molecule has 0 saturated carbocycles. The number of halogens is 2. The van der Waals surface area contributed by atoms with Gasteiger partial charge in [0, 0.05) is 28.7 Å². The summed E-state index contributed by atoms with van der Waals surface area (Å²) in [6.45, 7) is 2.11. The Morgan fingerprint density at radius 3 is 2.93 bits per heavy atom. The molecule has 0 aliphatic carbocycles. The maximum Gasteiger partial charge on any atom is 0.0444 e. The number of rotatable bonds is 4. The van der Waals surface area contributed by atoms with Gasteiger partial charge in [-0.15, -0.1) is 11.6 Å². The second-order valence-electron chi connectivity index (χ2n) is 3.17. The van der Waals surface area contributed by atoms with Crippen molar-refractivity contribution in [3.63, 3.8) is 0 Å². The molecule has 1 aromatic heterocycles. The molecule has 0 aliphatic heterocycles. The first-order valence-corrected chi connectivity index (χ1v) is 5.87. The molecule has 0 aliphatic rings. The minimum atomic E-state index is 0.686. The largest absolute Gasteiger partial charge is 0.260 e. The highest BCUT2D eigenvalue weighted by Crippen LogP contribution is 2.10. The SMILES string of the molecule is C/C(=C/CCCl)Cc1ccc(Br)cn1. The Balaban J connectivity index is 2.56. The molecule has 0 amide bonds. The van der Waals surface area contributed by atoms with Gasteiger partial charge in [-0.05, 0) is 41.4 Å². The highest BCUT2D eigenvalue weighted by atomic mass is 79.9. The molecule has 1 heterocycles. The van der Waals surface area contributed by atoms with E-state index in [1.807, 2.05) is 18.3 Å². The zero-order valence-corrected chi connectivity index (χ0v) is 10.5. The number of hydrogen-bond acceptors (Lipinski definition) is 1. The first kappa shape index (κ1) is 11.7. The summed E-state index contributed by atoms with van der Waals surface area (Å²) >= 11 is 8.96. The van der Waals surface area contributed by atoms with Crippen molar-refractivity contribution in [1.29, 1.82) is 0 Å². The van der Waals surface area contributed by atoms with E-state index in [1.54, 1.807) is 0 Å². The van der Waals surface area contributed by atoms with Crippen LogP contribution in [0.25, 0.3) is 0 Å². The fourth-order valence-corrected chi connectivity index (χ4v) is 1.51. The van der Waals surface area contributed by atoms with Gasteiger partial charge in [-0.1, -0.05) is 11.6 Å². The third-order valence-electron chi connectivity index (χ3n) is 1.85. The van der Waals surface area contributed by atoms with Gasteiger partial charge >= 0.3 is 0 Å². The van der Waals surface area contributed by atoms with Crippen molar-refractivity contribution in [2.24, 2.45) is 0 Å². The van der Waals surface area contributed by atoms with Gasteiger partial charge in [0.15, 0.2) is 0 Å². The fraction of sp³-hybridized carbons (Fsp3) is 0.364. The quantitative estimate of drug-likeness (QED) is 0.598. The molecule has 0 atom stereocenters. The average Bonchev–Trinajstić information content (AvgIpc) is 2.18. The van der Waals surface area contributed by atoms with Crippen molar-refractivity contribution < 1.29 is 0 Å². The summed E-state index contributed by atoms with van der Waals surface area (Å²) < 4.78 is 1.02. The third-order valence-corrected chi connectivity index (χ3v) is 2.54. The van der Waals surface area contributed by atoms with Crippen molar-refractivity contribution in [2.75, 3.05) is 5.88 Å². The Kier molecular flexibility index (Phi) is 5.20. The van der Waals surface area contributed by atoms with Crippen LogP contribution in [0.4, 0.5) is 0 Å². The van der Waals surface area contributed by atoms with Gasteiger partial charge in [0.05, 0.1) is 0 Å². The monoisotopic (exact) mass is 273 g/mol. The van der Waals surface area contributed by atoms with E-state index in [2.05, 4.69) is 33.9 Å². The highest BCUT2D eigenvalue weighted by Gasteiger charge is 1.95. The number of pyridine rings is 1. The molecular weight excluding hydrogens is 261 g/mol. The van der Waals surface area contributed by atoms with Crippen LogP contribution in [0.2, 0.25) is 0 Å². The molecule has 1 aromatic rings. The number of hydrogen-bond donors (Lipinski definition) is 0. The Morgan fingerprint density at radius 2 is 2.36 bits per heavy atom. The molecule has 0 N–H and O–H groups in total. The van der Waals surface area contributed by atoms with Crippen LogP contribution in [0, 0.1) is 0 Å². The second-order valence-corrected chi connectivity index (χ2v) is 4.47. The third kappa shape index (κ3) is 4.25. The van der Waals surface area contributed by atoms with Crippen LogP contribution in [-0.4, -0.2) is 10.9 Å². The summed E-state index contributed by atoms with van der Waals surface area (Å²) in [4.78, 5) is 4.31. The van der Waals surface area contributed by atoms with Crippen molar-refractivity contribution in [1.82, 2.24) is 4.98 Å². The highest BCUT2D eigenvalue weighted by molar-refractivity contribution is 9.10. The summed E-state index contributed by atoms with van der Waals surface area (Å²) in [5.41, 5.74) is 2.41. The van der Waals surface area contributed by atoms with Crippen LogP contribution >= 0.6 is 27.5 Å². The Morgan fingerprint density at radius 1 is 1.57 bits per heavy atom. The van der Waals surface area contributed by atoms with Crippen molar-refractivity contribution in [2.45, 2.75) is 19.8 Å². The van der Waals surface area contributed by atoms with E-state index in [0.29, 0.717) is 5.88 Å². The predicted octanol–water partition coefficient (Wildman–Crippen LogP) is 3.96. The standard InChI is InChI=1S/C11H13BrClN/c1-9(3-2-6-13)7-11-5-4-10(12)8-14-11/h3-5,8H,2,6-7H2,1H3/b9-3-. The van der Waals surface area contributed by atoms with E-state index in [4.69, 9.17) is 11.6 Å². The maximum absolute atomic E-state index is 5.60. The molecule has 14 heavy (non-hydrogen) atoms. The summed E-state index contributed by atoms with van der Waals surface area (Å²) in [5.74, 6) is 0.686. The van der Waals surface area contributed by atoms with Crippen LogP contribution in [-0.2, 0) is 6.42 Å². The summed E-state index contributed by atoms with van der Waals surface area (Å²) in [6.07, 6.45) is 5.83. The van der Waals surface area contributed by atoms with Gasteiger partial charge in [0.1, 0.15) is 0 Å². The maximum atomic E-state index is 5.60. The van der Waals surface area contributed by atoms with E-state index in [1.165, 1.54) is 5.57 Å².